The highest BCUT2D eigenvalue weighted by atomic mass is 16.5. The van der Waals surface area contributed by atoms with E-state index in [4.69, 9.17) is 4.74 Å². The van der Waals surface area contributed by atoms with Gasteiger partial charge in [-0.2, -0.15) is 0 Å². The Hall–Kier alpha value is -2.95. The van der Waals surface area contributed by atoms with Gasteiger partial charge in [0.05, 0.1) is 17.7 Å². The second-order valence-corrected chi connectivity index (χ2v) is 5.93. The van der Waals surface area contributed by atoms with Crippen LogP contribution in [0.1, 0.15) is 24.2 Å². The van der Waals surface area contributed by atoms with Crippen molar-refractivity contribution in [3.8, 4) is 0 Å². The molecule has 0 aliphatic rings. The maximum Gasteiger partial charge on any atom is 0.338 e. The lowest BCUT2D eigenvalue weighted by Crippen LogP contribution is -2.10. The van der Waals surface area contributed by atoms with E-state index < -0.39 is 0 Å². The molecule has 0 saturated carbocycles. The Morgan fingerprint density at radius 3 is 2.58 bits per heavy atom. The fourth-order valence-electron chi connectivity index (χ4n) is 2.26. The molecule has 0 saturated heterocycles. The molecular formula is C19H19N3O2. The molecule has 122 valence electrons. The third-order valence-electron chi connectivity index (χ3n) is 3.47. The lowest BCUT2D eigenvalue weighted by atomic mass is 10.2. The first kappa shape index (κ1) is 15.9. The van der Waals surface area contributed by atoms with Crippen LogP contribution < -0.4 is 5.32 Å². The predicted octanol–water partition coefficient (Wildman–Crippen LogP) is 4.19. The van der Waals surface area contributed by atoms with Crippen molar-refractivity contribution in [3.05, 3.63) is 60.4 Å². The summed E-state index contributed by atoms with van der Waals surface area (Å²) >= 11 is 0. The van der Waals surface area contributed by atoms with Gasteiger partial charge in [-0.3, -0.25) is 0 Å². The van der Waals surface area contributed by atoms with Crippen molar-refractivity contribution < 1.29 is 9.53 Å². The quantitative estimate of drug-likeness (QED) is 0.714. The second kappa shape index (κ2) is 7.08. The number of para-hydroxylation sites is 1. The zero-order valence-corrected chi connectivity index (χ0v) is 13.7. The molecule has 3 rings (SSSR count). The van der Waals surface area contributed by atoms with E-state index in [2.05, 4.69) is 15.3 Å². The number of hydrogen-bond donors (Lipinski definition) is 1. The number of carbonyl (C=O) groups excluding carboxylic acids is 1. The molecule has 1 N–H and O–H groups in total. The fourth-order valence-corrected chi connectivity index (χ4v) is 2.26. The first-order valence-corrected chi connectivity index (χ1v) is 7.87. The number of aromatic nitrogens is 2. The van der Waals surface area contributed by atoms with Crippen molar-refractivity contribution >= 4 is 28.4 Å². The smallest absolute Gasteiger partial charge is 0.338 e. The summed E-state index contributed by atoms with van der Waals surface area (Å²) in [5.41, 5.74) is 2.26. The van der Waals surface area contributed by atoms with Crippen molar-refractivity contribution in [3.63, 3.8) is 0 Å². The van der Waals surface area contributed by atoms with Gasteiger partial charge in [0, 0.05) is 11.1 Å². The van der Waals surface area contributed by atoms with Crippen molar-refractivity contribution in [1.29, 1.82) is 0 Å². The van der Waals surface area contributed by atoms with E-state index in [1.807, 2.05) is 50.2 Å². The minimum atomic E-state index is -0.303. The van der Waals surface area contributed by atoms with Crippen LogP contribution in [0.25, 0.3) is 10.9 Å². The number of rotatable bonds is 5. The van der Waals surface area contributed by atoms with Gasteiger partial charge in [0.15, 0.2) is 0 Å². The van der Waals surface area contributed by atoms with E-state index in [-0.39, 0.29) is 5.97 Å². The number of ether oxygens (including phenoxy) is 1. The molecule has 0 aliphatic carbocycles. The highest BCUT2D eigenvalue weighted by molar-refractivity contribution is 5.92. The van der Waals surface area contributed by atoms with Crippen molar-refractivity contribution in [1.82, 2.24) is 9.97 Å². The topological polar surface area (TPSA) is 64.1 Å². The van der Waals surface area contributed by atoms with Crippen LogP contribution in [0.15, 0.2) is 54.9 Å². The Morgan fingerprint density at radius 1 is 1.08 bits per heavy atom. The number of hydrogen-bond acceptors (Lipinski definition) is 5. The molecule has 2 aromatic carbocycles. The fraction of sp³-hybridized carbons (Fsp3) is 0.211. The minimum Gasteiger partial charge on any atom is -0.462 e. The molecular weight excluding hydrogens is 302 g/mol. The van der Waals surface area contributed by atoms with Gasteiger partial charge in [0.1, 0.15) is 12.1 Å². The first-order chi connectivity index (χ1) is 11.6. The normalized spacial score (nSPS) is 10.8. The van der Waals surface area contributed by atoms with E-state index in [0.29, 0.717) is 18.1 Å². The number of benzene rings is 2. The van der Waals surface area contributed by atoms with Crippen molar-refractivity contribution in [2.45, 2.75) is 13.8 Å². The maximum atomic E-state index is 11.9. The Bertz CT molecular complexity index is 839. The van der Waals surface area contributed by atoms with Gasteiger partial charge < -0.3 is 10.1 Å². The molecule has 3 aromatic rings. The third-order valence-corrected chi connectivity index (χ3v) is 3.47. The molecule has 0 radical (unpaired) electrons. The highest BCUT2D eigenvalue weighted by Gasteiger charge is 2.09. The van der Waals surface area contributed by atoms with Crippen molar-refractivity contribution in [2.75, 3.05) is 11.9 Å². The maximum absolute atomic E-state index is 11.9. The van der Waals surface area contributed by atoms with Gasteiger partial charge in [-0.15, -0.1) is 0 Å². The number of nitrogens with one attached hydrogen (secondary N) is 1. The zero-order chi connectivity index (χ0) is 16.9. The predicted molar refractivity (Wildman–Crippen MR) is 94.4 cm³/mol. The Kier molecular flexibility index (Phi) is 4.70. The molecule has 0 amide bonds. The SMILES string of the molecule is CC(C)COC(=O)c1ccc(Nc2ncnc3ccccc23)cc1. The first-order valence-electron chi connectivity index (χ1n) is 7.87. The average molecular weight is 321 g/mol. The van der Waals surface area contributed by atoms with Crippen LogP contribution in [-0.2, 0) is 4.74 Å². The van der Waals surface area contributed by atoms with E-state index in [0.717, 1.165) is 22.4 Å². The molecule has 0 bridgehead atoms. The molecule has 0 spiro atoms. The van der Waals surface area contributed by atoms with Crippen LogP contribution in [0.5, 0.6) is 0 Å². The standard InChI is InChI=1S/C19H19N3O2/c1-13(2)11-24-19(23)14-7-9-15(10-8-14)22-18-16-5-3-4-6-17(16)20-12-21-18/h3-10,12-13H,11H2,1-2H3,(H,20,21,22). The summed E-state index contributed by atoms with van der Waals surface area (Å²) in [5.74, 6) is 0.749. The van der Waals surface area contributed by atoms with Crippen molar-refractivity contribution in [2.24, 2.45) is 5.92 Å². The summed E-state index contributed by atoms with van der Waals surface area (Å²) in [6.07, 6.45) is 1.53. The van der Waals surface area contributed by atoms with E-state index in [1.54, 1.807) is 12.1 Å². The molecule has 24 heavy (non-hydrogen) atoms. The van der Waals surface area contributed by atoms with Crippen LogP contribution in [0.4, 0.5) is 11.5 Å². The summed E-state index contributed by atoms with van der Waals surface area (Å²) in [6.45, 7) is 4.43. The molecule has 0 aliphatic heterocycles. The van der Waals surface area contributed by atoms with Crippen LogP contribution in [0, 0.1) is 5.92 Å². The van der Waals surface area contributed by atoms with Crippen LogP contribution >= 0.6 is 0 Å². The highest BCUT2D eigenvalue weighted by Crippen LogP contribution is 2.22. The third kappa shape index (κ3) is 3.68. The average Bonchev–Trinajstić information content (AvgIpc) is 2.60. The molecule has 0 atom stereocenters. The van der Waals surface area contributed by atoms with E-state index >= 15 is 0 Å². The molecule has 1 aromatic heterocycles. The lowest BCUT2D eigenvalue weighted by Gasteiger charge is -2.10. The minimum absolute atomic E-state index is 0.303. The summed E-state index contributed by atoms with van der Waals surface area (Å²) in [6, 6.07) is 15.0. The van der Waals surface area contributed by atoms with Gasteiger partial charge in [-0.1, -0.05) is 26.0 Å². The number of carbonyl (C=O) groups is 1. The van der Waals surface area contributed by atoms with Gasteiger partial charge in [-0.05, 0) is 42.3 Å². The van der Waals surface area contributed by atoms with Crippen LogP contribution in [-0.4, -0.2) is 22.5 Å². The number of esters is 1. The summed E-state index contributed by atoms with van der Waals surface area (Å²) in [7, 11) is 0. The molecule has 0 fully saturated rings. The van der Waals surface area contributed by atoms with Gasteiger partial charge in [0.2, 0.25) is 0 Å². The Balaban J connectivity index is 1.75. The van der Waals surface area contributed by atoms with Gasteiger partial charge in [0.25, 0.3) is 0 Å². The van der Waals surface area contributed by atoms with E-state index in [1.165, 1.54) is 6.33 Å². The van der Waals surface area contributed by atoms with E-state index in [9.17, 15) is 4.79 Å². The number of anilines is 2. The Morgan fingerprint density at radius 2 is 1.83 bits per heavy atom. The summed E-state index contributed by atoms with van der Waals surface area (Å²) in [5, 5.41) is 4.20. The van der Waals surface area contributed by atoms with Gasteiger partial charge in [-0.25, -0.2) is 14.8 Å². The van der Waals surface area contributed by atoms with Gasteiger partial charge >= 0.3 is 5.97 Å². The van der Waals surface area contributed by atoms with Crippen LogP contribution in [0.2, 0.25) is 0 Å². The Labute approximate surface area is 140 Å². The summed E-state index contributed by atoms with van der Waals surface area (Å²) in [4.78, 5) is 20.5. The zero-order valence-electron chi connectivity index (χ0n) is 13.7. The molecule has 1 heterocycles. The number of fused-ring (bicyclic) bond motifs is 1. The summed E-state index contributed by atoms with van der Waals surface area (Å²) < 4.78 is 5.23. The molecule has 5 heteroatoms. The molecule has 0 unspecified atom stereocenters. The largest absolute Gasteiger partial charge is 0.462 e. The monoisotopic (exact) mass is 321 g/mol. The molecule has 5 nitrogen and oxygen atoms in total. The van der Waals surface area contributed by atoms with Crippen LogP contribution in [0.3, 0.4) is 0 Å². The lowest BCUT2D eigenvalue weighted by molar-refractivity contribution is 0.0459. The number of nitrogens with zero attached hydrogens (tertiary/aromatic N) is 2. The second-order valence-electron chi connectivity index (χ2n) is 5.93.